The van der Waals surface area contributed by atoms with E-state index in [1.807, 2.05) is 0 Å². The normalized spacial score (nSPS) is 16.8. The Labute approximate surface area is 124 Å². The number of hydrogen-bond acceptors (Lipinski definition) is 6. The molecule has 0 atom stereocenters. The Balaban J connectivity index is 1.55. The Morgan fingerprint density at radius 2 is 1.82 bits per heavy atom. The first-order valence-electron chi connectivity index (χ1n) is 6.82. The lowest BCUT2D eigenvalue weighted by atomic mass is 10.1. The highest BCUT2D eigenvalue weighted by atomic mass is 16.7. The minimum absolute atomic E-state index is 0.0570. The minimum atomic E-state index is -0.898. The number of imide groups is 1. The molecule has 2 heterocycles. The van der Waals surface area contributed by atoms with Gasteiger partial charge in [-0.15, -0.1) is 0 Å². The number of nitrogens with zero attached hydrogens (tertiary/aromatic N) is 2. The fourth-order valence-corrected chi connectivity index (χ4v) is 2.33. The van der Waals surface area contributed by atoms with Gasteiger partial charge >= 0.3 is 5.97 Å². The van der Waals surface area contributed by atoms with Crippen LogP contribution in [0.15, 0.2) is 34.9 Å². The molecule has 2 aromatic rings. The Bertz CT molecular complexity index is 771. The van der Waals surface area contributed by atoms with Crippen LogP contribution in [0, 0.1) is 0 Å². The molecule has 1 aliphatic heterocycles. The van der Waals surface area contributed by atoms with Gasteiger partial charge in [0.2, 0.25) is 0 Å². The summed E-state index contributed by atoms with van der Waals surface area (Å²) in [5.74, 6) is -1.31. The molecule has 0 saturated heterocycles. The van der Waals surface area contributed by atoms with Crippen molar-refractivity contribution >= 4 is 17.8 Å². The van der Waals surface area contributed by atoms with E-state index in [9.17, 15) is 14.4 Å². The first-order chi connectivity index (χ1) is 10.6. The Hall–Kier alpha value is -2.96. The number of benzene rings is 1. The molecule has 0 unspecified atom stereocenters. The van der Waals surface area contributed by atoms with Crippen molar-refractivity contribution in [1.29, 1.82) is 0 Å². The van der Waals surface area contributed by atoms with Crippen LogP contribution in [-0.2, 0) is 4.84 Å². The van der Waals surface area contributed by atoms with E-state index in [1.165, 1.54) is 18.2 Å². The number of amides is 2. The number of hydroxylamine groups is 2. The molecule has 1 aromatic heterocycles. The molecule has 1 saturated carbocycles. The quantitative estimate of drug-likeness (QED) is 0.804. The molecular weight excluding hydrogens is 288 g/mol. The highest BCUT2D eigenvalue weighted by molar-refractivity contribution is 6.21. The van der Waals surface area contributed by atoms with Gasteiger partial charge in [0, 0.05) is 12.0 Å². The number of fused-ring (bicyclic) bond motifs is 1. The van der Waals surface area contributed by atoms with Crippen LogP contribution in [0.5, 0.6) is 0 Å². The molecule has 0 bridgehead atoms. The number of carbonyl (C=O) groups excluding carboxylic acids is 3. The molecule has 7 nitrogen and oxygen atoms in total. The molecule has 2 aliphatic rings. The van der Waals surface area contributed by atoms with Gasteiger partial charge in [0.05, 0.1) is 11.1 Å². The van der Waals surface area contributed by atoms with Crippen LogP contribution >= 0.6 is 0 Å². The van der Waals surface area contributed by atoms with E-state index in [0.29, 0.717) is 16.7 Å². The van der Waals surface area contributed by atoms with Crippen LogP contribution in [0.25, 0.3) is 0 Å². The third kappa shape index (κ3) is 1.90. The van der Waals surface area contributed by atoms with E-state index in [4.69, 9.17) is 9.36 Å². The second-order valence-corrected chi connectivity index (χ2v) is 5.22. The molecule has 1 aliphatic carbocycles. The van der Waals surface area contributed by atoms with Gasteiger partial charge in [-0.3, -0.25) is 9.59 Å². The van der Waals surface area contributed by atoms with Crippen molar-refractivity contribution in [2.45, 2.75) is 18.8 Å². The second-order valence-electron chi connectivity index (χ2n) is 5.22. The molecule has 7 heteroatoms. The van der Waals surface area contributed by atoms with E-state index >= 15 is 0 Å². The molecule has 1 aromatic carbocycles. The van der Waals surface area contributed by atoms with Gasteiger partial charge in [-0.05, 0) is 25.0 Å². The monoisotopic (exact) mass is 298 g/mol. The van der Waals surface area contributed by atoms with E-state index < -0.39 is 17.8 Å². The van der Waals surface area contributed by atoms with Crippen LogP contribution in [0.2, 0.25) is 0 Å². The summed E-state index contributed by atoms with van der Waals surface area (Å²) in [4.78, 5) is 41.1. The highest BCUT2D eigenvalue weighted by Crippen LogP contribution is 2.40. The van der Waals surface area contributed by atoms with E-state index in [0.717, 1.165) is 12.8 Å². The molecule has 0 radical (unpaired) electrons. The van der Waals surface area contributed by atoms with Crippen molar-refractivity contribution in [2.75, 3.05) is 0 Å². The number of aromatic nitrogens is 1. The maximum atomic E-state index is 12.1. The summed E-state index contributed by atoms with van der Waals surface area (Å²) in [7, 11) is 0. The molecule has 110 valence electrons. The summed E-state index contributed by atoms with van der Waals surface area (Å²) in [6.07, 6.45) is 2.00. The zero-order valence-corrected chi connectivity index (χ0v) is 11.3. The minimum Gasteiger partial charge on any atom is -0.360 e. The lowest BCUT2D eigenvalue weighted by Gasteiger charge is -2.10. The Morgan fingerprint density at radius 3 is 2.41 bits per heavy atom. The summed E-state index contributed by atoms with van der Waals surface area (Å²) in [6.45, 7) is 0. The largest absolute Gasteiger partial charge is 0.385 e. The van der Waals surface area contributed by atoms with Gasteiger partial charge in [-0.1, -0.05) is 22.4 Å². The lowest BCUT2D eigenvalue weighted by molar-refractivity contribution is -0.0590. The molecule has 22 heavy (non-hydrogen) atoms. The molecule has 0 N–H and O–H groups in total. The fourth-order valence-electron chi connectivity index (χ4n) is 2.33. The van der Waals surface area contributed by atoms with Crippen molar-refractivity contribution in [3.8, 4) is 0 Å². The first-order valence-corrected chi connectivity index (χ1v) is 6.82. The fraction of sp³-hybridized carbons (Fsp3) is 0.200. The van der Waals surface area contributed by atoms with Gasteiger partial charge in [-0.25, -0.2) is 4.79 Å². The summed E-state index contributed by atoms with van der Waals surface area (Å²) in [6, 6.07) is 7.76. The van der Waals surface area contributed by atoms with E-state index in [1.54, 1.807) is 12.1 Å². The molecule has 0 spiro atoms. The topological polar surface area (TPSA) is 89.7 Å². The Kier molecular flexibility index (Phi) is 2.62. The average molecular weight is 298 g/mol. The van der Waals surface area contributed by atoms with Gasteiger partial charge in [-0.2, -0.15) is 0 Å². The molecule has 1 fully saturated rings. The van der Waals surface area contributed by atoms with Crippen molar-refractivity contribution < 1.29 is 23.7 Å². The summed E-state index contributed by atoms with van der Waals surface area (Å²) in [5, 5.41) is 4.08. The van der Waals surface area contributed by atoms with Gasteiger partial charge in [0.1, 0.15) is 5.76 Å². The number of hydrogen-bond donors (Lipinski definition) is 0. The highest BCUT2D eigenvalue weighted by Gasteiger charge is 2.39. The van der Waals surface area contributed by atoms with Crippen LogP contribution in [-0.4, -0.2) is 28.0 Å². The number of rotatable bonds is 3. The van der Waals surface area contributed by atoms with Gasteiger partial charge in [0.25, 0.3) is 11.8 Å². The Morgan fingerprint density at radius 1 is 1.18 bits per heavy atom. The third-order valence-corrected chi connectivity index (χ3v) is 3.65. The first kappa shape index (κ1) is 12.8. The predicted molar refractivity (Wildman–Crippen MR) is 70.8 cm³/mol. The van der Waals surface area contributed by atoms with Crippen LogP contribution in [0.1, 0.15) is 55.7 Å². The van der Waals surface area contributed by atoms with Crippen molar-refractivity contribution in [1.82, 2.24) is 10.2 Å². The lowest BCUT2D eigenvalue weighted by Crippen LogP contribution is -2.32. The van der Waals surface area contributed by atoms with Gasteiger partial charge < -0.3 is 9.36 Å². The average Bonchev–Trinajstić information content (AvgIpc) is 3.22. The standard InChI is InChI=1S/C15H10N2O5/c18-13-9-3-1-2-4-10(9)14(19)17(13)22-15(20)11-7-12(21-16-11)8-5-6-8/h1-4,7-8H,5-6H2. The summed E-state index contributed by atoms with van der Waals surface area (Å²) >= 11 is 0. The number of carbonyl (C=O) groups is 3. The molecular formula is C15H10N2O5. The van der Waals surface area contributed by atoms with Crippen molar-refractivity contribution in [3.63, 3.8) is 0 Å². The smallest absolute Gasteiger partial charge is 0.360 e. The zero-order valence-electron chi connectivity index (χ0n) is 11.3. The maximum Gasteiger partial charge on any atom is 0.385 e. The SMILES string of the molecule is O=C(ON1C(=O)c2ccccc2C1=O)c1cc(C2CC2)on1. The second kappa shape index (κ2) is 4.52. The van der Waals surface area contributed by atoms with Crippen LogP contribution < -0.4 is 0 Å². The van der Waals surface area contributed by atoms with E-state index in [2.05, 4.69) is 5.16 Å². The predicted octanol–water partition coefficient (Wildman–Crippen LogP) is 1.92. The zero-order chi connectivity index (χ0) is 15.3. The summed E-state index contributed by atoms with van der Waals surface area (Å²) in [5.41, 5.74) is 0.358. The third-order valence-electron chi connectivity index (χ3n) is 3.65. The molecule has 2 amide bonds. The van der Waals surface area contributed by atoms with Crippen molar-refractivity contribution in [2.24, 2.45) is 0 Å². The molecule has 4 rings (SSSR count). The summed E-state index contributed by atoms with van der Waals surface area (Å²) < 4.78 is 5.05. The van der Waals surface area contributed by atoms with Crippen molar-refractivity contribution in [3.05, 3.63) is 52.9 Å². The van der Waals surface area contributed by atoms with Crippen LogP contribution in [0.3, 0.4) is 0 Å². The van der Waals surface area contributed by atoms with Crippen LogP contribution in [0.4, 0.5) is 0 Å². The van der Waals surface area contributed by atoms with E-state index in [-0.39, 0.29) is 16.8 Å². The maximum absolute atomic E-state index is 12.1. The van der Waals surface area contributed by atoms with Gasteiger partial charge in [0.15, 0.2) is 5.69 Å².